The highest BCUT2D eigenvalue weighted by Crippen LogP contribution is 2.36. The maximum absolute atomic E-state index is 5.66. The normalized spacial score (nSPS) is 13.2. The minimum Gasteiger partial charge on any atom is -0.486 e. The Labute approximate surface area is 128 Å². The van der Waals surface area contributed by atoms with E-state index in [9.17, 15) is 0 Å². The first-order valence-corrected chi connectivity index (χ1v) is 8.15. The number of fused-ring (bicyclic) bond motifs is 1. The van der Waals surface area contributed by atoms with Crippen LogP contribution in [-0.4, -0.2) is 24.5 Å². The molecule has 0 saturated carbocycles. The molecule has 0 amide bonds. The second kappa shape index (κ2) is 6.83. The second-order valence-corrected chi connectivity index (χ2v) is 5.62. The number of hydrogen-bond donors (Lipinski definition) is 1. The predicted octanol–water partition coefficient (Wildman–Crippen LogP) is 2.86. The molecule has 0 saturated heterocycles. The van der Waals surface area contributed by atoms with Crippen molar-refractivity contribution < 1.29 is 9.47 Å². The molecule has 2 heterocycles. The number of thioether (sulfide) groups is 1. The van der Waals surface area contributed by atoms with Crippen LogP contribution < -0.4 is 14.8 Å². The molecular weight excluding hydrogens is 284 g/mol. The molecule has 0 radical (unpaired) electrons. The predicted molar refractivity (Wildman–Crippen MR) is 84.0 cm³/mol. The first-order chi connectivity index (χ1) is 10.4. The number of hydrogen-bond acceptors (Lipinski definition) is 5. The maximum atomic E-state index is 5.66. The Balaban J connectivity index is 1.69. The minimum atomic E-state index is 0.619. The van der Waals surface area contributed by atoms with E-state index in [4.69, 9.17) is 9.47 Å². The van der Waals surface area contributed by atoms with Gasteiger partial charge in [-0.25, -0.2) is 0 Å². The molecule has 0 spiro atoms. The van der Waals surface area contributed by atoms with Gasteiger partial charge in [-0.05, 0) is 35.6 Å². The van der Waals surface area contributed by atoms with Crippen LogP contribution >= 0.6 is 11.8 Å². The van der Waals surface area contributed by atoms with Crippen LogP contribution in [0.1, 0.15) is 11.1 Å². The average molecular weight is 302 g/mol. The highest BCUT2D eigenvalue weighted by atomic mass is 32.2. The Morgan fingerprint density at radius 3 is 2.71 bits per heavy atom. The highest BCUT2D eigenvalue weighted by molar-refractivity contribution is 7.98. The smallest absolute Gasteiger partial charge is 0.162 e. The molecule has 21 heavy (non-hydrogen) atoms. The molecule has 0 atom stereocenters. The van der Waals surface area contributed by atoms with Crippen molar-refractivity contribution in [3.8, 4) is 11.5 Å². The summed E-state index contributed by atoms with van der Waals surface area (Å²) in [4.78, 5) is 5.34. The van der Waals surface area contributed by atoms with Crippen molar-refractivity contribution in [3.63, 3.8) is 0 Å². The van der Waals surface area contributed by atoms with Crippen molar-refractivity contribution in [2.75, 3.05) is 19.5 Å². The lowest BCUT2D eigenvalue weighted by atomic mass is 10.2. The van der Waals surface area contributed by atoms with Gasteiger partial charge in [-0.15, -0.1) is 11.8 Å². The average Bonchev–Trinajstić information content (AvgIpc) is 2.55. The van der Waals surface area contributed by atoms with E-state index in [1.54, 1.807) is 18.0 Å². The van der Waals surface area contributed by atoms with Gasteiger partial charge >= 0.3 is 0 Å². The van der Waals surface area contributed by atoms with Crippen LogP contribution in [0.25, 0.3) is 0 Å². The molecule has 0 fully saturated rings. The lowest BCUT2D eigenvalue weighted by molar-refractivity contribution is 0.171. The summed E-state index contributed by atoms with van der Waals surface area (Å²) in [5, 5.41) is 3.45. The van der Waals surface area contributed by atoms with E-state index in [0.29, 0.717) is 13.2 Å². The summed E-state index contributed by atoms with van der Waals surface area (Å²) in [6, 6.07) is 8.17. The van der Waals surface area contributed by atoms with Gasteiger partial charge in [-0.3, -0.25) is 4.98 Å². The van der Waals surface area contributed by atoms with Crippen LogP contribution in [0.5, 0.6) is 11.5 Å². The Bertz CT molecular complexity index is 605. The molecule has 4 nitrogen and oxygen atoms in total. The summed E-state index contributed by atoms with van der Waals surface area (Å²) >= 11 is 1.73. The lowest BCUT2D eigenvalue weighted by Crippen LogP contribution is -2.17. The Morgan fingerprint density at radius 1 is 1.19 bits per heavy atom. The maximum Gasteiger partial charge on any atom is 0.162 e. The van der Waals surface area contributed by atoms with E-state index in [1.165, 1.54) is 16.0 Å². The van der Waals surface area contributed by atoms with Gasteiger partial charge in [0.25, 0.3) is 0 Å². The van der Waals surface area contributed by atoms with E-state index < -0.39 is 0 Å². The van der Waals surface area contributed by atoms with Gasteiger partial charge in [-0.1, -0.05) is 6.07 Å². The first-order valence-electron chi connectivity index (χ1n) is 6.93. The molecule has 0 aliphatic carbocycles. The van der Waals surface area contributed by atoms with Crippen molar-refractivity contribution in [3.05, 3.63) is 47.8 Å². The van der Waals surface area contributed by atoms with Crippen molar-refractivity contribution in [1.82, 2.24) is 10.3 Å². The van der Waals surface area contributed by atoms with Crippen LogP contribution in [0.15, 0.2) is 41.6 Å². The summed E-state index contributed by atoms with van der Waals surface area (Å²) in [7, 11) is 0. The van der Waals surface area contributed by atoms with Gasteiger partial charge in [0.1, 0.15) is 13.2 Å². The molecule has 1 N–H and O–H groups in total. The van der Waals surface area contributed by atoms with Gasteiger partial charge in [0.05, 0.1) is 0 Å². The molecule has 110 valence electrons. The fourth-order valence-electron chi connectivity index (χ4n) is 2.28. The minimum absolute atomic E-state index is 0.619. The van der Waals surface area contributed by atoms with Crippen molar-refractivity contribution in [2.24, 2.45) is 0 Å². The molecule has 1 aromatic carbocycles. The van der Waals surface area contributed by atoms with Gasteiger partial charge in [-0.2, -0.15) is 0 Å². The molecule has 0 bridgehead atoms. The molecule has 3 rings (SSSR count). The summed E-state index contributed by atoms with van der Waals surface area (Å²) in [6.07, 6.45) is 5.75. The number of aromatic nitrogens is 1. The Morgan fingerprint density at radius 2 is 2.00 bits per heavy atom. The standard InChI is InChI=1S/C16H18N2O2S/c1-21-16-8-15-14(19-5-6-20-15)7-13(16)11-18-10-12-3-2-4-17-9-12/h2-4,7-9,18H,5-6,10-11H2,1H3. The third-order valence-electron chi connectivity index (χ3n) is 3.31. The zero-order valence-electron chi connectivity index (χ0n) is 12.0. The Kier molecular flexibility index (Phi) is 4.62. The fourth-order valence-corrected chi connectivity index (χ4v) is 2.90. The zero-order chi connectivity index (χ0) is 14.5. The number of ether oxygens (including phenoxy) is 2. The van der Waals surface area contributed by atoms with Gasteiger partial charge < -0.3 is 14.8 Å². The third kappa shape index (κ3) is 3.49. The van der Waals surface area contributed by atoms with Gasteiger partial charge in [0.2, 0.25) is 0 Å². The Hall–Kier alpha value is -1.72. The van der Waals surface area contributed by atoms with E-state index in [2.05, 4.69) is 34.8 Å². The number of rotatable bonds is 5. The van der Waals surface area contributed by atoms with E-state index in [-0.39, 0.29) is 0 Å². The molecule has 0 unspecified atom stereocenters. The van der Waals surface area contributed by atoms with Crippen molar-refractivity contribution >= 4 is 11.8 Å². The summed E-state index contributed by atoms with van der Waals surface area (Å²) in [6.45, 7) is 2.84. The van der Waals surface area contributed by atoms with Crippen molar-refractivity contribution in [2.45, 2.75) is 18.0 Å². The SMILES string of the molecule is CSc1cc2c(cc1CNCc1cccnc1)OCCO2. The molecule has 1 aromatic heterocycles. The molecule has 5 heteroatoms. The van der Waals surface area contributed by atoms with Crippen molar-refractivity contribution in [1.29, 1.82) is 0 Å². The van der Waals surface area contributed by atoms with E-state index in [0.717, 1.165) is 24.6 Å². The second-order valence-electron chi connectivity index (χ2n) is 4.77. The molecule has 1 aliphatic rings. The van der Waals surface area contributed by atoms with Crippen LogP contribution in [0.4, 0.5) is 0 Å². The molecule has 1 aliphatic heterocycles. The quantitative estimate of drug-likeness (QED) is 0.860. The summed E-state index contributed by atoms with van der Waals surface area (Å²) < 4.78 is 11.3. The number of nitrogens with zero attached hydrogens (tertiary/aromatic N) is 1. The number of nitrogens with one attached hydrogen (secondary N) is 1. The first kappa shape index (κ1) is 14.2. The summed E-state index contributed by atoms with van der Waals surface area (Å²) in [5.41, 5.74) is 2.41. The van der Waals surface area contributed by atoms with E-state index in [1.807, 2.05) is 12.3 Å². The number of pyridine rings is 1. The number of benzene rings is 1. The summed E-state index contributed by atoms with van der Waals surface area (Å²) in [5.74, 6) is 1.69. The topological polar surface area (TPSA) is 43.4 Å². The van der Waals surface area contributed by atoms with Crippen LogP contribution in [0.2, 0.25) is 0 Å². The zero-order valence-corrected chi connectivity index (χ0v) is 12.8. The molecule has 2 aromatic rings. The largest absolute Gasteiger partial charge is 0.486 e. The monoisotopic (exact) mass is 302 g/mol. The third-order valence-corrected chi connectivity index (χ3v) is 4.13. The van der Waals surface area contributed by atoms with Crippen LogP contribution in [0, 0.1) is 0 Å². The van der Waals surface area contributed by atoms with E-state index >= 15 is 0 Å². The highest BCUT2D eigenvalue weighted by Gasteiger charge is 2.15. The van der Waals surface area contributed by atoms with Gasteiger partial charge in [0.15, 0.2) is 11.5 Å². The van der Waals surface area contributed by atoms with Crippen LogP contribution in [-0.2, 0) is 13.1 Å². The molecular formula is C16H18N2O2S. The van der Waals surface area contributed by atoms with Gasteiger partial charge in [0, 0.05) is 30.4 Å². The fraction of sp³-hybridized carbons (Fsp3) is 0.312. The van der Waals surface area contributed by atoms with Crippen LogP contribution in [0.3, 0.4) is 0 Å². The lowest BCUT2D eigenvalue weighted by Gasteiger charge is -2.21.